The lowest BCUT2D eigenvalue weighted by molar-refractivity contribution is -0.116. The first-order valence-corrected chi connectivity index (χ1v) is 12.9. The summed E-state index contributed by atoms with van der Waals surface area (Å²) in [5.41, 5.74) is 1.20. The molecular weight excluding hydrogens is 384 g/mol. The number of unbranched alkanes of at least 4 members (excludes halogenated alkanes) is 10. The van der Waals surface area contributed by atoms with Crippen molar-refractivity contribution in [3.63, 3.8) is 0 Å². The van der Waals surface area contributed by atoms with Crippen molar-refractivity contribution in [1.82, 2.24) is 5.32 Å². The van der Waals surface area contributed by atoms with Crippen molar-refractivity contribution in [3.8, 4) is 0 Å². The van der Waals surface area contributed by atoms with E-state index in [-0.39, 0.29) is 17.9 Å². The number of hydrogen-bond acceptors (Lipinski definition) is 2. The van der Waals surface area contributed by atoms with Crippen LogP contribution >= 0.6 is 0 Å². The van der Waals surface area contributed by atoms with E-state index in [1.807, 2.05) is 18.2 Å². The van der Waals surface area contributed by atoms with Gasteiger partial charge in [-0.2, -0.15) is 0 Å². The SMILES string of the molecule is CCCCCCCCCCCCCC(=O)Nc1ccccc1C(=O)NC1CCCCC1. The quantitative estimate of drug-likeness (QED) is 0.286. The highest BCUT2D eigenvalue weighted by molar-refractivity contribution is 6.03. The minimum atomic E-state index is -0.0718. The molecule has 0 saturated heterocycles. The van der Waals surface area contributed by atoms with E-state index < -0.39 is 0 Å². The molecule has 31 heavy (non-hydrogen) atoms. The van der Waals surface area contributed by atoms with Crippen LogP contribution in [-0.2, 0) is 4.79 Å². The Bertz CT molecular complexity index is 638. The molecule has 0 spiro atoms. The molecule has 1 aliphatic rings. The standard InChI is InChI=1S/C27H44N2O2/c1-2-3-4-5-6-7-8-9-10-11-15-22-26(30)29-25-21-17-16-20-24(25)27(31)28-23-18-13-12-14-19-23/h16-17,20-21,23H,2-15,18-19,22H2,1H3,(H,28,31)(H,29,30). The van der Waals surface area contributed by atoms with Gasteiger partial charge in [-0.3, -0.25) is 9.59 Å². The summed E-state index contributed by atoms with van der Waals surface area (Å²) in [5.74, 6) is -0.0636. The molecule has 1 fully saturated rings. The summed E-state index contributed by atoms with van der Waals surface area (Å²) >= 11 is 0. The summed E-state index contributed by atoms with van der Waals surface area (Å²) in [7, 11) is 0. The molecule has 4 heteroatoms. The van der Waals surface area contributed by atoms with E-state index in [1.165, 1.54) is 77.0 Å². The number of carbonyl (C=O) groups excluding carboxylic acids is 2. The molecule has 1 aliphatic carbocycles. The molecule has 174 valence electrons. The highest BCUT2D eigenvalue weighted by Gasteiger charge is 2.19. The number of hydrogen-bond donors (Lipinski definition) is 2. The summed E-state index contributed by atoms with van der Waals surface area (Å²) in [6, 6.07) is 7.62. The van der Waals surface area contributed by atoms with Crippen molar-refractivity contribution >= 4 is 17.5 Å². The van der Waals surface area contributed by atoms with Crippen LogP contribution < -0.4 is 10.6 Å². The molecule has 2 N–H and O–H groups in total. The summed E-state index contributed by atoms with van der Waals surface area (Å²) in [6.07, 6.45) is 20.3. The Morgan fingerprint density at radius 2 is 1.39 bits per heavy atom. The molecule has 0 radical (unpaired) electrons. The fourth-order valence-corrected chi connectivity index (χ4v) is 4.46. The van der Waals surface area contributed by atoms with Gasteiger partial charge in [-0.15, -0.1) is 0 Å². The minimum absolute atomic E-state index is 0.00819. The highest BCUT2D eigenvalue weighted by atomic mass is 16.2. The molecule has 1 aromatic rings. The topological polar surface area (TPSA) is 58.2 Å². The Morgan fingerprint density at radius 1 is 0.806 bits per heavy atom. The van der Waals surface area contributed by atoms with E-state index in [1.54, 1.807) is 6.07 Å². The number of rotatable bonds is 15. The monoisotopic (exact) mass is 428 g/mol. The third-order valence-electron chi connectivity index (χ3n) is 6.39. The Hall–Kier alpha value is -1.84. The molecule has 1 saturated carbocycles. The number of nitrogens with one attached hydrogen (secondary N) is 2. The molecular formula is C27H44N2O2. The summed E-state index contributed by atoms with van der Waals surface area (Å²) in [4.78, 5) is 25.1. The maximum atomic E-state index is 12.7. The molecule has 0 unspecified atom stereocenters. The lowest BCUT2D eigenvalue weighted by atomic mass is 9.95. The Morgan fingerprint density at radius 3 is 2.03 bits per heavy atom. The van der Waals surface area contributed by atoms with Crippen LogP contribution in [0.4, 0.5) is 5.69 Å². The van der Waals surface area contributed by atoms with Gasteiger partial charge in [-0.05, 0) is 31.4 Å². The van der Waals surface area contributed by atoms with Crippen molar-refractivity contribution in [3.05, 3.63) is 29.8 Å². The average molecular weight is 429 g/mol. The lowest BCUT2D eigenvalue weighted by Crippen LogP contribution is -2.36. The maximum absolute atomic E-state index is 12.7. The predicted octanol–water partition coefficient (Wildman–Crippen LogP) is 7.39. The molecule has 2 rings (SSSR count). The van der Waals surface area contributed by atoms with Crippen LogP contribution in [0.1, 0.15) is 126 Å². The van der Waals surface area contributed by atoms with Crippen LogP contribution in [0.5, 0.6) is 0 Å². The van der Waals surface area contributed by atoms with E-state index in [0.717, 1.165) is 25.7 Å². The molecule has 0 heterocycles. The van der Waals surface area contributed by atoms with E-state index in [4.69, 9.17) is 0 Å². The second kappa shape index (κ2) is 15.9. The molecule has 2 amide bonds. The van der Waals surface area contributed by atoms with Crippen molar-refractivity contribution in [2.75, 3.05) is 5.32 Å². The second-order valence-electron chi connectivity index (χ2n) is 9.19. The number of benzene rings is 1. The van der Waals surface area contributed by atoms with Crippen molar-refractivity contribution in [2.24, 2.45) is 0 Å². The fourth-order valence-electron chi connectivity index (χ4n) is 4.46. The average Bonchev–Trinajstić information content (AvgIpc) is 2.78. The first kappa shape index (κ1) is 25.4. The van der Waals surface area contributed by atoms with Crippen LogP contribution in [0.3, 0.4) is 0 Å². The molecule has 1 aromatic carbocycles. The van der Waals surface area contributed by atoms with Gasteiger partial charge in [0.2, 0.25) is 5.91 Å². The molecule has 0 aliphatic heterocycles. The van der Waals surface area contributed by atoms with Crippen LogP contribution in [0.15, 0.2) is 24.3 Å². The van der Waals surface area contributed by atoms with Crippen molar-refractivity contribution in [2.45, 2.75) is 122 Å². The van der Waals surface area contributed by atoms with Gasteiger partial charge in [0.15, 0.2) is 0 Å². The fraction of sp³-hybridized carbons (Fsp3) is 0.704. The normalized spacial score (nSPS) is 14.4. The third-order valence-corrected chi connectivity index (χ3v) is 6.39. The molecule has 0 atom stereocenters. The second-order valence-corrected chi connectivity index (χ2v) is 9.19. The highest BCUT2D eigenvalue weighted by Crippen LogP contribution is 2.20. The Labute approximate surface area is 190 Å². The van der Waals surface area contributed by atoms with E-state index in [2.05, 4.69) is 17.6 Å². The number of amides is 2. The summed E-state index contributed by atoms with van der Waals surface area (Å²) < 4.78 is 0. The number of para-hydroxylation sites is 1. The zero-order valence-electron chi connectivity index (χ0n) is 19.7. The van der Waals surface area contributed by atoms with Crippen LogP contribution in [-0.4, -0.2) is 17.9 Å². The maximum Gasteiger partial charge on any atom is 0.253 e. The predicted molar refractivity (Wildman–Crippen MR) is 130 cm³/mol. The smallest absolute Gasteiger partial charge is 0.253 e. The number of anilines is 1. The zero-order chi connectivity index (χ0) is 22.2. The van der Waals surface area contributed by atoms with Gasteiger partial charge in [0.05, 0.1) is 11.3 Å². The Kier molecular flexibility index (Phi) is 13.0. The van der Waals surface area contributed by atoms with E-state index in [0.29, 0.717) is 17.7 Å². The van der Waals surface area contributed by atoms with Gasteiger partial charge in [0.25, 0.3) is 5.91 Å². The molecule has 0 aromatic heterocycles. The Balaban J connectivity index is 1.61. The van der Waals surface area contributed by atoms with E-state index >= 15 is 0 Å². The van der Waals surface area contributed by atoms with Gasteiger partial charge >= 0.3 is 0 Å². The molecule has 0 bridgehead atoms. The summed E-state index contributed by atoms with van der Waals surface area (Å²) in [6.45, 7) is 2.26. The zero-order valence-corrected chi connectivity index (χ0v) is 19.7. The van der Waals surface area contributed by atoms with Crippen molar-refractivity contribution < 1.29 is 9.59 Å². The van der Waals surface area contributed by atoms with E-state index in [9.17, 15) is 9.59 Å². The van der Waals surface area contributed by atoms with Gasteiger partial charge in [-0.25, -0.2) is 0 Å². The van der Waals surface area contributed by atoms with Crippen LogP contribution in [0.2, 0.25) is 0 Å². The largest absolute Gasteiger partial charge is 0.349 e. The summed E-state index contributed by atoms with van der Waals surface area (Å²) in [5, 5.41) is 6.11. The number of carbonyl (C=O) groups is 2. The first-order valence-electron chi connectivity index (χ1n) is 12.9. The van der Waals surface area contributed by atoms with Gasteiger partial charge in [0, 0.05) is 12.5 Å². The first-order chi connectivity index (χ1) is 15.2. The van der Waals surface area contributed by atoms with Crippen molar-refractivity contribution in [1.29, 1.82) is 0 Å². The van der Waals surface area contributed by atoms with Gasteiger partial charge in [-0.1, -0.05) is 103 Å². The van der Waals surface area contributed by atoms with Crippen LogP contribution in [0, 0.1) is 0 Å². The van der Waals surface area contributed by atoms with Crippen LogP contribution in [0.25, 0.3) is 0 Å². The molecule has 4 nitrogen and oxygen atoms in total. The minimum Gasteiger partial charge on any atom is -0.349 e. The lowest BCUT2D eigenvalue weighted by Gasteiger charge is -2.23. The third kappa shape index (κ3) is 10.8. The van der Waals surface area contributed by atoms with Gasteiger partial charge < -0.3 is 10.6 Å². The van der Waals surface area contributed by atoms with Gasteiger partial charge in [0.1, 0.15) is 0 Å².